The molecule has 3 heterocycles. The van der Waals surface area contributed by atoms with Crippen LogP contribution in [0.5, 0.6) is 0 Å². The quantitative estimate of drug-likeness (QED) is 0.718. The minimum atomic E-state index is -1.14. The Balaban J connectivity index is 1.72. The predicted octanol–water partition coefficient (Wildman–Crippen LogP) is 1.95. The molecule has 1 atom stereocenters. The van der Waals surface area contributed by atoms with Gasteiger partial charge in [-0.25, -0.2) is 9.78 Å². The zero-order chi connectivity index (χ0) is 18.1. The Morgan fingerprint density at radius 3 is 2.72 bits per heavy atom. The second-order valence-corrected chi connectivity index (χ2v) is 6.35. The maximum absolute atomic E-state index is 12.3. The highest BCUT2D eigenvalue weighted by Gasteiger charge is 2.19. The number of aryl methyl sites for hydroxylation is 2. The summed E-state index contributed by atoms with van der Waals surface area (Å²) in [5, 5.41) is 22.1. The van der Waals surface area contributed by atoms with Crippen molar-refractivity contribution in [3.8, 4) is 11.3 Å². The molecule has 0 aliphatic carbocycles. The molecule has 0 saturated carbocycles. The molecule has 0 spiro atoms. The number of carboxylic acid groups (broad SMARTS) is 1. The number of hydrogen-bond acceptors (Lipinski definition) is 6. The van der Waals surface area contributed by atoms with Crippen molar-refractivity contribution in [2.75, 3.05) is 5.32 Å². The number of rotatable bonds is 5. The molecule has 2 N–H and O–H groups in total. The van der Waals surface area contributed by atoms with Gasteiger partial charge in [-0.05, 0) is 19.9 Å². The molecule has 0 radical (unpaired) electrons. The van der Waals surface area contributed by atoms with Crippen LogP contribution in [0.15, 0.2) is 23.8 Å². The van der Waals surface area contributed by atoms with Crippen molar-refractivity contribution in [3.63, 3.8) is 0 Å². The van der Waals surface area contributed by atoms with Gasteiger partial charge in [-0.2, -0.15) is 10.2 Å². The van der Waals surface area contributed by atoms with E-state index >= 15 is 0 Å². The number of hydrogen-bond donors (Lipinski definition) is 2. The van der Waals surface area contributed by atoms with Crippen molar-refractivity contribution in [3.05, 3.63) is 35.2 Å². The number of carboxylic acids is 1. The molecule has 130 valence electrons. The van der Waals surface area contributed by atoms with Gasteiger partial charge in [-0.3, -0.25) is 14.2 Å². The smallest absolute Gasteiger partial charge is 0.356 e. The van der Waals surface area contributed by atoms with E-state index in [-0.39, 0.29) is 11.6 Å². The van der Waals surface area contributed by atoms with Gasteiger partial charge < -0.3 is 10.4 Å². The lowest BCUT2D eigenvalue weighted by molar-refractivity contribution is -0.119. The molecular weight excluding hydrogens is 344 g/mol. The summed E-state index contributed by atoms with van der Waals surface area (Å²) in [6.07, 6.45) is 3.33. The Morgan fingerprint density at radius 1 is 1.36 bits per heavy atom. The number of nitrogens with zero attached hydrogens (tertiary/aromatic N) is 5. The first-order valence-electron chi connectivity index (χ1n) is 7.40. The van der Waals surface area contributed by atoms with E-state index in [0.29, 0.717) is 5.13 Å². The second-order valence-electron chi connectivity index (χ2n) is 5.49. The fourth-order valence-electron chi connectivity index (χ4n) is 2.30. The van der Waals surface area contributed by atoms with Crippen LogP contribution in [-0.4, -0.2) is 41.5 Å². The minimum Gasteiger partial charge on any atom is -0.476 e. The molecule has 0 bridgehead atoms. The first-order chi connectivity index (χ1) is 11.8. The number of aromatic nitrogens is 5. The van der Waals surface area contributed by atoms with E-state index in [1.807, 2.05) is 25.5 Å². The van der Waals surface area contributed by atoms with Gasteiger partial charge in [0, 0.05) is 30.4 Å². The van der Waals surface area contributed by atoms with E-state index in [0.717, 1.165) is 17.0 Å². The summed E-state index contributed by atoms with van der Waals surface area (Å²) in [6, 6.07) is 0.680. The minimum absolute atomic E-state index is 0.108. The van der Waals surface area contributed by atoms with Crippen LogP contribution in [0, 0.1) is 6.92 Å². The van der Waals surface area contributed by atoms with Crippen LogP contribution in [0.25, 0.3) is 11.3 Å². The van der Waals surface area contributed by atoms with Crippen molar-refractivity contribution in [1.82, 2.24) is 24.5 Å². The summed E-state index contributed by atoms with van der Waals surface area (Å²) < 4.78 is 3.01. The molecule has 0 aliphatic heterocycles. The van der Waals surface area contributed by atoms with Gasteiger partial charge in [0.05, 0.1) is 11.4 Å². The van der Waals surface area contributed by atoms with Crippen molar-refractivity contribution in [2.24, 2.45) is 7.05 Å². The van der Waals surface area contributed by atoms with Crippen LogP contribution in [0.1, 0.15) is 29.1 Å². The SMILES string of the molecule is Cc1nn(C)cc1-c1csc(NC(=O)C(C)n2ccc(C(=O)O)n2)n1. The zero-order valence-electron chi connectivity index (χ0n) is 13.8. The van der Waals surface area contributed by atoms with Gasteiger partial charge in [-0.15, -0.1) is 11.3 Å². The number of carbonyl (C=O) groups excluding carboxylic acids is 1. The highest BCUT2D eigenvalue weighted by molar-refractivity contribution is 7.14. The molecule has 0 aliphatic rings. The van der Waals surface area contributed by atoms with Crippen LogP contribution >= 0.6 is 11.3 Å². The fraction of sp³-hybridized carbons (Fsp3) is 0.267. The van der Waals surface area contributed by atoms with Gasteiger partial charge in [0.15, 0.2) is 10.8 Å². The standard InChI is InChI=1S/C15H16N6O3S/c1-8-10(6-20(3)18-8)12-7-25-15(16-12)17-13(22)9(2)21-5-4-11(19-21)14(23)24/h4-7,9H,1-3H3,(H,23,24)(H,16,17,22). The third-order valence-electron chi connectivity index (χ3n) is 3.63. The third-order valence-corrected chi connectivity index (χ3v) is 4.39. The van der Waals surface area contributed by atoms with E-state index in [2.05, 4.69) is 20.5 Å². The summed E-state index contributed by atoms with van der Waals surface area (Å²) in [4.78, 5) is 27.6. The molecule has 0 aromatic carbocycles. The molecular formula is C15H16N6O3S. The summed E-state index contributed by atoms with van der Waals surface area (Å²) in [5.41, 5.74) is 2.40. The molecule has 0 fully saturated rings. The summed E-state index contributed by atoms with van der Waals surface area (Å²) in [5.74, 6) is -1.47. The van der Waals surface area contributed by atoms with Crippen LogP contribution in [0.4, 0.5) is 5.13 Å². The average Bonchev–Trinajstić information content (AvgIpc) is 3.26. The second kappa shape index (κ2) is 6.48. The van der Waals surface area contributed by atoms with Crippen molar-refractivity contribution < 1.29 is 14.7 Å². The summed E-state index contributed by atoms with van der Waals surface area (Å²) in [7, 11) is 1.84. The number of carbonyl (C=O) groups is 2. The van der Waals surface area contributed by atoms with E-state index in [1.54, 1.807) is 11.6 Å². The number of anilines is 1. The largest absolute Gasteiger partial charge is 0.476 e. The molecule has 3 aromatic rings. The third kappa shape index (κ3) is 3.43. The Labute approximate surface area is 146 Å². The van der Waals surface area contributed by atoms with Crippen LogP contribution < -0.4 is 5.32 Å². The van der Waals surface area contributed by atoms with Crippen molar-refractivity contribution in [1.29, 1.82) is 0 Å². The van der Waals surface area contributed by atoms with E-state index in [9.17, 15) is 9.59 Å². The van der Waals surface area contributed by atoms with E-state index in [1.165, 1.54) is 28.3 Å². The normalized spacial score (nSPS) is 12.1. The summed E-state index contributed by atoms with van der Waals surface area (Å²) >= 11 is 1.31. The number of nitrogens with one attached hydrogen (secondary N) is 1. The number of amides is 1. The highest BCUT2D eigenvalue weighted by Crippen LogP contribution is 2.27. The summed E-state index contributed by atoms with van der Waals surface area (Å²) in [6.45, 7) is 3.53. The molecule has 0 saturated heterocycles. The molecule has 9 nitrogen and oxygen atoms in total. The maximum atomic E-state index is 12.3. The van der Waals surface area contributed by atoms with Gasteiger partial charge in [-0.1, -0.05) is 0 Å². The molecule has 1 unspecified atom stereocenters. The molecule has 10 heteroatoms. The Hall–Kier alpha value is -3.01. The Kier molecular flexibility index (Phi) is 4.36. The van der Waals surface area contributed by atoms with Gasteiger partial charge in [0.2, 0.25) is 0 Å². The van der Waals surface area contributed by atoms with Crippen LogP contribution in [0.3, 0.4) is 0 Å². The Bertz CT molecular complexity index is 941. The predicted molar refractivity (Wildman–Crippen MR) is 91.6 cm³/mol. The monoisotopic (exact) mass is 360 g/mol. The van der Waals surface area contributed by atoms with E-state index in [4.69, 9.17) is 5.11 Å². The lowest BCUT2D eigenvalue weighted by Crippen LogP contribution is -2.24. The topological polar surface area (TPSA) is 115 Å². The lowest BCUT2D eigenvalue weighted by atomic mass is 10.2. The first-order valence-corrected chi connectivity index (χ1v) is 8.28. The number of thiazole rings is 1. The van der Waals surface area contributed by atoms with Crippen LogP contribution in [0.2, 0.25) is 0 Å². The number of aromatic carboxylic acids is 1. The van der Waals surface area contributed by atoms with Gasteiger partial charge in [0.1, 0.15) is 6.04 Å². The van der Waals surface area contributed by atoms with Crippen molar-refractivity contribution >= 4 is 28.3 Å². The molecule has 1 amide bonds. The lowest BCUT2D eigenvalue weighted by Gasteiger charge is -2.10. The molecule has 25 heavy (non-hydrogen) atoms. The molecule has 3 rings (SSSR count). The average molecular weight is 360 g/mol. The molecule has 3 aromatic heterocycles. The van der Waals surface area contributed by atoms with Crippen LogP contribution in [-0.2, 0) is 11.8 Å². The van der Waals surface area contributed by atoms with E-state index < -0.39 is 12.0 Å². The first kappa shape index (κ1) is 16.8. The fourth-order valence-corrected chi connectivity index (χ4v) is 3.02. The van der Waals surface area contributed by atoms with Crippen molar-refractivity contribution in [2.45, 2.75) is 19.9 Å². The maximum Gasteiger partial charge on any atom is 0.356 e. The van der Waals surface area contributed by atoms with Gasteiger partial charge in [0.25, 0.3) is 5.91 Å². The highest BCUT2D eigenvalue weighted by atomic mass is 32.1. The van der Waals surface area contributed by atoms with Gasteiger partial charge >= 0.3 is 5.97 Å². The zero-order valence-corrected chi connectivity index (χ0v) is 14.6. The Morgan fingerprint density at radius 2 is 2.12 bits per heavy atom.